The molecule has 0 spiro atoms. The molecule has 1 aromatic carbocycles. The summed E-state index contributed by atoms with van der Waals surface area (Å²) < 4.78 is 1.90. The van der Waals surface area contributed by atoms with E-state index in [1.54, 1.807) is 18.6 Å². The first-order chi connectivity index (χ1) is 9.06. The molecule has 2 rings (SSSR count). The standard InChI is InChI=1S/C12H13ClN4O2/c1-9(7-16-5-4-14-8-16)15-11-6-10(13)2-3-12(11)17(18)19/h2-6,8-9,15H,7H2,1H3. The fourth-order valence-corrected chi connectivity index (χ4v) is 1.98. The lowest BCUT2D eigenvalue weighted by molar-refractivity contribution is -0.384. The fraction of sp³-hybridized carbons (Fsp3) is 0.250. The summed E-state index contributed by atoms with van der Waals surface area (Å²) in [5, 5.41) is 14.5. The van der Waals surface area contributed by atoms with Crippen molar-refractivity contribution in [3.63, 3.8) is 0 Å². The van der Waals surface area contributed by atoms with Crippen LogP contribution in [0.5, 0.6) is 0 Å². The second-order valence-electron chi connectivity index (χ2n) is 4.22. The molecule has 0 radical (unpaired) electrons. The fourth-order valence-electron chi connectivity index (χ4n) is 1.81. The molecule has 7 heteroatoms. The van der Waals surface area contributed by atoms with Crippen molar-refractivity contribution in [3.8, 4) is 0 Å². The number of nitro benzene ring substituents is 1. The second-order valence-corrected chi connectivity index (χ2v) is 4.66. The molecule has 0 aliphatic heterocycles. The van der Waals surface area contributed by atoms with Gasteiger partial charge in [0.2, 0.25) is 0 Å². The lowest BCUT2D eigenvalue weighted by atomic mass is 10.2. The highest BCUT2D eigenvalue weighted by Gasteiger charge is 2.15. The molecule has 6 nitrogen and oxygen atoms in total. The second kappa shape index (κ2) is 5.71. The topological polar surface area (TPSA) is 73.0 Å². The molecule has 1 heterocycles. The number of hydrogen-bond donors (Lipinski definition) is 1. The van der Waals surface area contributed by atoms with Gasteiger partial charge < -0.3 is 9.88 Å². The molecule has 0 aliphatic rings. The molecular formula is C12H13ClN4O2. The van der Waals surface area contributed by atoms with Gasteiger partial charge in [-0.25, -0.2) is 4.98 Å². The lowest BCUT2D eigenvalue weighted by Crippen LogP contribution is -2.21. The van der Waals surface area contributed by atoms with Gasteiger partial charge in [0.05, 0.1) is 11.3 Å². The smallest absolute Gasteiger partial charge is 0.292 e. The van der Waals surface area contributed by atoms with Crippen LogP contribution >= 0.6 is 11.6 Å². The van der Waals surface area contributed by atoms with Crippen molar-refractivity contribution in [3.05, 3.63) is 52.1 Å². The predicted molar refractivity (Wildman–Crippen MR) is 73.4 cm³/mol. The van der Waals surface area contributed by atoms with E-state index in [1.807, 2.05) is 17.7 Å². The summed E-state index contributed by atoms with van der Waals surface area (Å²) in [7, 11) is 0. The average molecular weight is 281 g/mol. The van der Waals surface area contributed by atoms with Crippen molar-refractivity contribution < 1.29 is 4.92 Å². The van der Waals surface area contributed by atoms with Crippen LogP contribution in [0.4, 0.5) is 11.4 Å². The zero-order valence-corrected chi connectivity index (χ0v) is 11.0. The first-order valence-corrected chi connectivity index (χ1v) is 6.10. The van der Waals surface area contributed by atoms with Crippen LogP contribution in [-0.4, -0.2) is 20.5 Å². The van der Waals surface area contributed by atoms with E-state index >= 15 is 0 Å². The minimum Gasteiger partial charge on any atom is -0.375 e. The third kappa shape index (κ3) is 3.45. The summed E-state index contributed by atoms with van der Waals surface area (Å²) in [6.07, 6.45) is 5.23. The molecule has 0 saturated heterocycles. The van der Waals surface area contributed by atoms with Crippen LogP contribution in [0.25, 0.3) is 0 Å². The Morgan fingerprint density at radius 2 is 2.37 bits per heavy atom. The lowest BCUT2D eigenvalue weighted by Gasteiger charge is -2.15. The van der Waals surface area contributed by atoms with Gasteiger partial charge in [0, 0.05) is 36.1 Å². The Morgan fingerprint density at radius 1 is 1.58 bits per heavy atom. The SMILES string of the molecule is CC(Cn1ccnc1)Nc1cc(Cl)ccc1[N+](=O)[O-]. The van der Waals surface area contributed by atoms with Gasteiger partial charge in [-0.2, -0.15) is 0 Å². The molecule has 0 fully saturated rings. The van der Waals surface area contributed by atoms with Crippen LogP contribution in [0, 0.1) is 10.1 Å². The van der Waals surface area contributed by atoms with Gasteiger partial charge in [0.1, 0.15) is 5.69 Å². The average Bonchev–Trinajstić information content (AvgIpc) is 2.81. The molecule has 1 aromatic heterocycles. The van der Waals surface area contributed by atoms with Crippen molar-refractivity contribution in [2.45, 2.75) is 19.5 Å². The maximum Gasteiger partial charge on any atom is 0.292 e. The largest absolute Gasteiger partial charge is 0.375 e. The molecular weight excluding hydrogens is 268 g/mol. The summed E-state index contributed by atoms with van der Waals surface area (Å²) in [6, 6.07) is 4.47. The summed E-state index contributed by atoms with van der Waals surface area (Å²) in [5.41, 5.74) is 0.437. The van der Waals surface area contributed by atoms with Crippen molar-refractivity contribution >= 4 is 23.0 Å². The van der Waals surface area contributed by atoms with Gasteiger partial charge in [-0.1, -0.05) is 11.6 Å². The van der Waals surface area contributed by atoms with Gasteiger partial charge in [-0.15, -0.1) is 0 Å². The summed E-state index contributed by atoms with van der Waals surface area (Å²) in [4.78, 5) is 14.5. The summed E-state index contributed by atoms with van der Waals surface area (Å²) in [5.74, 6) is 0. The van der Waals surface area contributed by atoms with Gasteiger partial charge in [-0.3, -0.25) is 10.1 Å². The third-order valence-electron chi connectivity index (χ3n) is 2.60. The quantitative estimate of drug-likeness (QED) is 0.675. The zero-order valence-electron chi connectivity index (χ0n) is 10.3. The van der Waals surface area contributed by atoms with Crippen molar-refractivity contribution in [1.29, 1.82) is 0 Å². The molecule has 19 heavy (non-hydrogen) atoms. The molecule has 1 atom stereocenters. The summed E-state index contributed by atoms with van der Waals surface area (Å²) >= 11 is 5.87. The number of rotatable bonds is 5. The molecule has 1 unspecified atom stereocenters. The van der Waals surface area contributed by atoms with Crippen LogP contribution in [0.1, 0.15) is 6.92 Å². The number of imidazole rings is 1. The Kier molecular flexibility index (Phi) is 4.01. The Hall–Kier alpha value is -2.08. The van der Waals surface area contributed by atoms with Crippen LogP contribution in [0.3, 0.4) is 0 Å². The van der Waals surface area contributed by atoms with E-state index in [4.69, 9.17) is 11.6 Å². The van der Waals surface area contributed by atoms with E-state index in [-0.39, 0.29) is 11.7 Å². The Balaban J connectivity index is 2.13. The highest BCUT2D eigenvalue weighted by molar-refractivity contribution is 6.31. The van der Waals surface area contributed by atoms with Crippen LogP contribution in [0.2, 0.25) is 5.02 Å². The predicted octanol–water partition coefficient (Wildman–Crippen LogP) is 2.95. The number of anilines is 1. The van der Waals surface area contributed by atoms with Crippen LogP contribution in [-0.2, 0) is 6.54 Å². The van der Waals surface area contributed by atoms with Crippen molar-refractivity contribution in [1.82, 2.24) is 9.55 Å². The Bertz CT molecular complexity index is 571. The number of nitrogens with zero attached hydrogens (tertiary/aromatic N) is 3. The Morgan fingerprint density at radius 3 is 3.00 bits per heavy atom. The Labute approximate surface area is 115 Å². The number of hydrogen-bond acceptors (Lipinski definition) is 4. The third-order valence-corrected chi connectivity index (χ3v) is 2.84. The van der Waals surface area contributed by atoms with E-state index in [0.29, 0.717) is 17.3 Å². The van der Waals surface area contributed by atoms with E-state index in [9.17, 15) is 10.1 Å². The van der Waals surface area contributed by atoms with E-state index in [1.165, 1.54) is 12.1 Å². The maximum absolute atomic E-state index is 10.9. The van der Waals surface area contributed by atoms with Gasteiger partial charge >= 0.3 is 0 Å². The number of benzene rings is 1. The number of nitro groups is 1. The molecule has 1 N–H and O–H groups in total. The van der Waals surface area contributed by atoms with E-state index in [0.717, 1.165) is 0 Å². The van der Waals surface area contributed by atoms with Gasteiger partial charge in [0.15, 0.2) is 0 Å². The minimum absolute atomic E-state index is 0.00590. The number of aromatic nitrogens is 2. The molecule has 0 bridgehead atoms. The first kappa shape index (κ1) is 13.4. The van der Waals surface area contributed by atoms with Crippen molar-refractivity contribution in [2.75, 3.05) is 5.32 Å². The normalized spacial score (nSPS) is 12.1. The van der Waals surface area contributed by atoms with E-state index in [2.05, 4.69) is 10.3 Å². The zero-order chi connectivity index (χ0) is 13.8. The first-order valence-electron chi connectivity index (χ1n) is 5.72. The molecule has 0 saturated carbocycles. The monoisotopic (exact) mass is 280 g/mol. The minimum atomic E-state index is -0.428. The van der Waals surface area contributed by atoms with Gasteiger partial charge in [-0.05, 0) is 19.1 Å². The highest BCUT2D eigenvalue weighted by Crippen LogP contribution is 2.28. The summed E-state index contributed by atoms with van der Waals surface area (Å²) in [6.45, 7) is 2.59. The number of nitrogens with one attached hydrogen (secondary N) is 1. The van der Waals surface area contributed by atoms with Crippen molar-refractivity contribution in [2.24, 2.45) is 0 Å². The molecule has 0 amide bonds. The van der Waals surface area contributed by atoms with Crippen LogP contribution in [0.15, 0.2) is 36.9 Å². The number of halogens is 1. The van der Waals surface area contributed by atoms with Gasteiger partial charge in [0.25, 0.3) is 5.69 Å². The molecule has 0 aliphatic carbocycles. The molecule has 100 valence electrons. The maximum atomic E-state index is 10.9. The van der Waals surface area contributed by atoms with Crippen LogP contribution < -0.4 is 5.32 Å². The van der Waals surface area contributed by atoms with E-state index < -0.39 is 4.92 Å². The highest BCUT2D eigenvalue weighted by atomic mass is 35.5. The molecule has 2 aromatic rings.